The van der Waals surface area contributed by atoms with E-state index in [9.17, 15) is 14.3 Å². The van der Waals surface area contributed by atoms with Gasteiger partial charge in [-0.3, -0.25) is 19.3 Å². The third-order valence-corrected chi connectivity index (χ3v) is 6.83. The van der Waals surface area contributed by atoms with Gasteiger partial charge in [0.05, 0.1) is 11.4 Å². The average Bonchev–Trinajstić information content (AvgIpc) is 3.28. The summed E-state index contributed by atoms with van der Waals surface area (Å²) < 4.78 is 21.3. The monoisotopic (exact) mass is 514 g/mol. The molecule has 0 aliphatic heterocycles. The number of aryl methyl sites for hydroxylation is 3. The molecule has 35 heavy (non-hydrogen) atoms. The summed E-state index contributed by atoms with van der Waals surface area (Å²) in [6, 6.07) is 4.76. The smallest absolute Gasteiger partial charge is 0.277 e. The summed E-state index contributed by atoms with van der Waals surface area (Å²) in [6.45, 7) is 8.51. The van der Waals surface area contributed by atoms with Crippen LogP contribution in [0.5, 0.6) is 5.75 Å². The maximum absolute atomic E-state index is 14.1. The highest BCUT2D eigenvalue weighted by molar-refractivity contribution is 7.10. The van der Waals surface area contributed by atoms with Crippen molar-refractivity contribution in [3.8, 4) is 22.8 Å². The van der Waals surface area contributed by atoms with E-state index in [2.05, 4.69) is 15.0 Å². The van der Waals surface area contributed by atoms with Crippen molar-refractivity contribution in [1.82, 2.24) is 19.5 Å². The number of thiazole rings is 1. The van der Waals surface area contributed by atoms with Gasteiger partial charge in [-0.05, 0) is 57.9 Å². The van der Waals surface area contributed by atoms with Gasteiger partial charge >= 0.3 is 0 Å². The predicted molar refractivity (Wildman–Crippen MR) is 134 cm³/mol. The van der Waals surface area contributed by atoms with Crippen LogP contribution in [0.1, 0.15) is 41.4 Å². The van der Waals surface area contributed by atoms with Crippen molar-refractivity contribution in [2.45, 2.75) is 46.8 Å². The van der Waals surface area contributed by atoms with Crippen LogP contribution in [0.25, 0.3) is 17.1 Å². The Labute approximate surface area is 210 Å². The standard InChI is InChI=1S/C25H24ClFN4O3S/c1-13-6-16(27)18(28-9-13)11-34-21-7-15(3)31(23(32)22(21)26)20-8-17(29-10-14(20)2)19-12-35-24(30-19)25(4,5)33/h6-10,12,33H,11H2,1-5H3. The van der Waals surface area contributed by atoms with E-state index in [1.54, 1.807) is 52.2 Å². The third kappa shape index (κ3) is 5.12. The van der Waals surface area contributed by atoms with Gasteiger partial charge in [0.1, 0.15) is 45.2 Å². The summed E-state index contributed by atoms with van der Waals surface area (Å²) in [5.41, 5.74) is 2.35. The Morgan fingerprint density at radius 3 is 2.54 bits per heavy atom. The quantitative estimate of drug-likeness (QED) is 0.377. The van der Waals surface area contributed by atoms with Crippen molar-refractivity contribution in [2.24, 2.45) is 0 Å². The lowest BCUT2D eigenvalue weighted by molar-refractivity contribution is 0.0783. The van der Waals surface area contributed by atoms with E-state index in [-0.39, 0.29) is 23.1 Å². The first kappa shape index (κ1) is 25.0. The molecule has 4 aromatic heterocycles. The maximum Gasteiger partial charge on any atom is 0.277 e. The van der Waals surface area contributed by atoms with Crippen LogP contribution in [0.15, 0.2) is 40.8 Å². The van der Waals surface area contributed by atoms with E-state index in [0.29, 0.717) is 33.3 Å². The summed E-state index contributed by atoms with van der Waals surface area (Å²) in [5.74, 6) is -0.339. The molecule has 0 spiro atoms. The van der Waals surface area contributed by atoms with Crippen LogP contribution in [0, 0.1) is 26.6 Å². The lowest BCUT2D eigenvalue weighted by Crippen LogP contribution is -2.23. The molecule has 10 heteroatoms. The minimum absolute atomic E-state index is 0.122. The zero-order valence-electron chi connectivity index (χ0n) is 19.9. The molecule has 0 aliphatic carbocycles. The Bertz CT molecular complexity index is 1480. The van der Waals surface area contributed by atoms with Crippen molar-refractivity contribution in [3.63, 3.8) is 0 Å². The second-order valence-corrected chi connectivity index (χ2v) is 10.0. The van der Waals surface area contributed by atoms with Gasteiger partial charge in [0.2, 0.25) is 0 Å². The lowest BCUT2D eigenvalue weighted by atomic mass is 10.1. The molecule has 4 rings (SSSR count). The first-order valence-electron chi connectivity index (χ1n) is 10.8. The summed E-state index contributed by atoms with van der Waals surface area (Å²) in [6.07, 6.45) is 3.20. The molecule has 0 radical (unpaired) electrons. The van der Waals surface area contributed by atoms with Gasteiger partial charge < -0.3 is 9.84 Å². The van der Waals surface area contributed by atoms with Gasteiger partial charge in [0.25, 0.3) is 5.56 Å². The number of aliphatic hydroxyl groups is 1. The number of hydrogen-bond acceptors (Lipinski definition) is 7. The normalized spacial score (nSPS) is 11.7. The molecule has 182 valence electrons. The number of ether oxygens (including phenoxy) is 1. The van der Waals surface area contributed by atoms with Gasteiger partial charge in [-0.1, -0.05) is 11.6 Å². The van der Waals surface area contributed by atoms with Crippen LogP contribution in [-0.2, 0) is 12.2 Å². The van der Waals surface area contributed by atoms with Crippen LogP contribution < -0.4 is 10.3 Å². The van der Waals surface area contributed by atoms with Crippen LogP contribution in [-0.4, -0.2) is 24.6 Å². The van der Waals surface area contributed by atoms with Gasteiger partial charge in [0.15, 0.2) is 0 Å². The molecule has 0 saturated heterocycles. The first-order chi connectivity index (χ1) is 16.5. The zero-order chi connectivity index (χ0) is 25.5. The molecular weight excluding hydrogens is 491 g/mol. The SMILES string of the molecule is Cc1cnc(COc2cc(C)n(-c3cc(-c4csc(C(C)(C)O)n4)ncc3C)c(=O)c2Cl)c(F)c1. The van der Waals surface area contributed by atoms with Crippen LogP contribution in [0.4, 0.5) is 4.39 Å². The highest BCUT2D eigenvalue weighted by Crippen LogP contribution is 2.30. The number of nitrogens with zero attached hydrogens (tertiary/aromatic N) is 4. The molecule has 0 bridgehead atoms. The minimum Gasteiger partial charge on any atom is -0.485 e. The maximum atomic E-state index is 14.1. The molecule has 0 aromatic carbocycles. The molecular formula is C25H24ClFN4O3S. The fourth-order valence-corrected chi connectivity index (χ4v) is 4.50. The number of hydrogen-bond donors (Lipinski definition) is 1. The van der Waals surface area contributed by atoms with Gasteiger partial charge in [-0.15, -0.1) is 11.3 Å². The fraction of sp³-hybridized carbons (Fsp3) is 0.280. The van der Waals surface area contributed by atoms with Crippen molar-refractivity contribution < 1.29 is 14.2 Å². The Kier molecular flexibility index (Phi) is 6.77. The Morgan fingerprint density at radius 1 is 1.14 bits per heavy atom. The summed E-state index contributed by atoms with van der Waals surface area (Å²) in [5, 5.41) is 12.5. The number of pyridine rings is 3. The van der Waals surface area contributed by atoms with E-state index in [1.807, 2.05) is 12.3 Å². The molecule has 7 nitrogen and oxygen atoms in total. The second-order valence-electron chi connectivity index (χ2n) is 8.79. The Balaban J connectivity index is 1.70. The van der Waals surface area contributed by atoms with Crippen molar-refractivity contribution in [2.75, 3.05) is 0 Å². The van der Waals surface area contributed by atoms with Crippen molar-refractivity contribution in [3.05, 3.63) is 84.7 Å². The molecule has 1 N–H and O–H groups in total. The van der Waals surface area contributed by atoms with E-state index in [4.69, 9.17) is 16.3 Å². The van der Waals surface area contributed by atoms with Crippen molar-refractivity contribution >= 4 is 22.9 Å². The highest BCUT2D eigenvalue weighted by atomic mass is 35.5. The van der Waals surface area contributed by atoms with Crippen LogP contribution in [0.2, 0.25) is 5.02 Å². The average molecular weight is 515 g/mol. The molecule has 0 saturated carbocycles. The van der Waals surface area contributed by atoms with Gasteiger partial charge in [-0.25, -0.2) is 9.37 Å². The topological polar surface area (TPSA) is 90.1 Å². The Hall–Kier alpha value is -3.14. The molecule has 4 heterocycles. The second kappa shape index (κ2) is 9.49. The first-order valence-corrected chi connectivity index (χ1v) is 12.0. The number of halogens is 2. The molecule has 0 unspecified atom stereocenters. The zero-order valence-corrected chi connectivity index (χ0v) is 21.5. The van der Waals surface area contributed by atoms with Crippen LogP contribution in [0.3, 0.4) is 0 Å². The molecule has 0 aliphatic rings. The van der Waals surface area contributed by atoms with E-state index in [0.717, 1.165) is 5.56 Å². The summed E-state index contributed by atoms with van der Waals surface area (Å²) >= 11 is 7.72. The lowest BCUT2D eigenvalue weighted by Gasteiger charge is -2.16. The number of aromatic nitrogens is 4. The predicted octanol–water partition coefficient (Wildman–Crippen LogP) is 5.28. The minimum atomic E-state index is -1.07. The van der Waals surface area contributed by atoms with Crippen LogP contribution >= 0.6 is 22.9 Å². The van der Waals surface area contributed by atoms with Crippen molar-refractivity contribution in [1.29, 1.82) is 0 Å². The van der Waals surface area contributed by atoms with Gasteiger partial charge in [0, 0.05) is 29.5 Å². The largest absolute Gasteiger partial charge is 0.485 e. The van der Waals surface area contributed by atoms with E-state index < -0.39 is 17.0 Å². The number of rotatable bonds is 6. The van der Waals surface area contributed by atoms with E-state index >= 15 is 0 Å². The fourth-order valence-electron chi connectivity index (χ4n) is 3.47. The molecule has 0 fully saturated rings. The van der Waals surface area contributed by atoms with Gasteiger partial charge in [-0.2, -0.15) is 0 Å². The molecule has 0 amide bonds. The van der Waals surface area contributed by atoms with E-state index in [1.165, 1.54) is 22.0 Å². The third-order valence-electron chi connectivity index (χ3n) is 5.32. The molecule has 4 aromatic rings. The Morgan fingerprint density at radius 2 is 1.89 bits per heavy atom. The summed E-state index contributed by atoms with van der Waals surface area (Å²) in [7, 11) is 0. The molecule has 0 atom stereocenters. The summed E-state index contributed by atoms with van der Waals surface area (Å²) in [4.78, 5) is 26.3. The highest BCUT2D eigenvalue weighted by Gasteiger charge is 2.22.